The standard InChI is InChI=1S/C13H20N4O8/c18-6-7-9(19)10(20)11(21)12(24-7)13(22)14-8-5-17(15-25-8)16-1-3-23-4-2-16/h5,7,9-12,18-21H,1-4,6H2/p+1/t7-,9-,10+,11-,12+/m1/s1. The highest BCUT2D eigenvalue weighted by molar-refractivity contribution is 5.93. The fourth-order valence-electron chi connectivity index (χ4n) is 2.70. The van der Waals surface area contributed by atoms with E-state index in [0.717, 1.165) is 0 Å². The molecule has 2 saturated heterocycles. The number of aromatic nitrogens is 2. The maximum atomic E-state index is 12.3. The molecule has 0 spiro atoms. The molecule has 12 heteroatoms. The first kappa shape index (κ1) is 18.0. The molecule has 1 amide bonds. The highest BCUT2D eigenvalue weighted by Crippen LogP contribution is 2.22. The molecule has 2 aliphatic heterocycles. The number of aliphatic hydroxyl groups excluding tert-OH is 4. The Labute approximate surface area is 142 Å². The van der Waals surface area contributed by atoms with Crippen LogP contribution in [0.5, 0.6) is 0 Å². The Morgan fingerprint density at radius 1 is 1.28 bits per heavy atom. The number of anilines is 1. The van der Waals surface area contributed by atoms with Crippen LogP contribution in [0.15, 0.2) is 10.7 Å². The van der Waals surface area contributed by atoms with Crippen molar-refractivity contribution in [2.45, 2.75) is 30.5 Å². The monoisotopic (exact) mass is 361 g/mol. The Morgan fingerprint density at radius 3 is 2.68 bits per heavy atom. The lowest BCUT2D eigenvalue weighted by atomic mass is 9.95. The summed E-state index contributed by atoms with van der Waals surface area (Å²) in [5.74, 6) is -0.796. The average Bonchev–Trinajstić information content (AvgIpc) is 3.09. The molecule has 12 nitrogen and oxygen atoms in total. The number of rotatable bonds is 4. The molecule has 3 rings (SSSR count). The zero-order valence-electron chi connectivity index (χ0n) is 13.3. The van der Waals surface area contributed by atoms with Crippen LogP contribution >= 0.6 is 0 Å². The van der Waals surface area contributed by atoms with E-state index in [1.807, 2.05) is 5.01 Å². The minimum absolute atomic E-state index is 0.00783. The summed E-state index contributed by atoms with van der Waals surface area (Å²) in [5.41, 5.74) is 0. The molecule has 140 valence electrons. The van der Waals surface area contributed by atoms with Gasteiger partial charge in [0, 0.05) is 0 Å². The fourth-order valence-corrected chi connectivity index (χ4v) is 2.70. The number of amides is 1. The second-order valence-corrected chi connectivity index (χ2v) is 5.79. The molecule has 5 atom stereocenters. The van der Waals surface area contributed by atoms with E-state index >= 15 is 0 Å². The van der Waals surface area contributed by atoms with Gasteiger partial charge in [-0.25, -0.2) is 0 Å². The van der Waals surface area contributed by atoms with Crippen molar-refractivity contribution in [1.29, 1.82) is 0 Å². The molecule has 25 heavy (non-hydrogen) atoms. The van der Waals surface area contributed by atoms with Gasteiger partial charge in [0.1, 0.15) is 24.4 Å². The Bertz CT molecular complexity index is 590. The third-order valence-corrected chi connectivity index (χ3v) is 4.13. The van der Waals surface area contributed by atoms with Crippen LogP contribution in [0.3, 0.4) is 0 Å². The number of carbonyl (C=O) groups excluding carboxylic acids is 1. The van der Waals surface area contributed by atoms with Crippen LogP contribution in [0.4, 0.5) is 5.88 Å². The van der Waals surface area contributed by atoms with Gasteiger partial charge in [-0.15, -0.1) is 5.01 Å². The number of aliphatic hydroxyl groups is 4. The number of nitrogens with zero attached hydrogens (tertiary/aromatic N) is 3. The van der Waals surface area contributed by atoms with Crippen molar-refractivity contribution >= 4 is 11.8 Å². The van der Waals surface area contributed by atoms with Crippen LogP contribution < -0.4 is 15.1 Å². The first-order valence-electron chi connectivity index (χ1n) is 7.84. The normalized spacial score (nSPS) is 33.3. The van der Waals surface area contributed by atoms with Crippen molar-refractivity contribution in [3.8, 4) is 0 Å². The van der Waals surface area contributed by atoms with Crippen molar-refractivity contribution < 1.29 is 44.0 Å². The van der Waals surface area contributed by atoms with Gasteiger partial charge >= 0.3 is 5.88 Å². The number of carbonyl (C=O) groups is 1. The molecule has 0 radical (unpaired) electrons. The number of morpholine rings is 1. The predicted molar refractivity (Wildman–Crippen MR) is 77.9 cm³/mol. The van der Waals surface area contributed by atoms with E-state index in [2.05, 4.69) is 10.6 Å². The van der Waals surface area contributed by atoms with Crippen LogP contribution in [0.1, 0.15) is 0 Å². The summed E-state index contributed by atoms with van der Waals surface area (Å²) in [6.07, 6.45) is -6.04. The Balaban J connectivity index is 1.64. The predicted octanol–water partition coefficient (Wildman–Crippen LogP) is -4.29. The summed E-state index contributed by atoms with van der Waals surface area (Å²) in [6.45, 7) is 1.70. The summed E-state index contributed by atoms with van der Waals surface area (Å²) in [4.78, 5) is 13.7. The summed E-state index contributed by atoms with van der Waals surface area (Å²) in [5, 5.41) is 46.5. The first-order chi connectivity index (χ1) is 12.0. The number of nitrogens with one attached hydrogen (secondary N) is 1. The van der Waals surface area contributed by atoms with Crippen molar-refractivity contribution in [2.24, 2.45) is 0 Å². The van der Waals surface area contributed by atoms with E-state index < -0.39 is 43.0 Å². The SMILES string of the molecule is O=C(Nc1c[n+](N2CCOCC2)no1)[C@H]1O[C@H](CO)[C@@H](O)[C@H](O)[C@H]1O. The lowest BCUT2D eigenvalue weighted by molar-refractivity contribution is -0.759. The topological polar surface area (TPSA) is 162 Å². The second kappa shape index (κ2) is 7.59. The van der Waals surface area contributed by atoms with Crippen molar-refractivity contribution in [3.05, 3.63) is 6.20 Å². The second-order valence-electron chi connectivity index (χ2n) is 5.79. The lowest BCUT2D eigenvalue weighted by Gasteiger charge is -2.38. The molecule has 0 unspecified atom stereocenters. The molecule has 0 saturated carbocycles. The Morgan fingerprint density at radius 2 is 2.00 bits per heavy atom. The third-order valence-electron chi connectivity index (χ3n) is 4.13. The third kappa shape index (κ3) is 3.73. The lowest BCUT2D eigenvalue weighted by Crippen LogP contribution is -2.62. The smallest absolute Gasteiger partial charge is 0.305 e. The van der Waals surface area contributed by atoms with Crippen LogP contribution in [0.2, 0.25) is 0 Å². The van der Waals surface area contributed by atoms with Crippen LogP contribution in [0.25, 0.3) is 0 Å². The number of hydrogen-bond acceptors (Lipinski definition) is 10. The van der Waals surface area contributed by atoms with Gasteiger partial charge in [0.05, 0.1) is 37.7 Å². The van der Waals surface area contributed by atoms with E-state index in [1.54, 1.807) is 0 Å². The zero-order valence-corrected chi connectivity index (χ0v) is 13.3. The summed E-state index contributed by atoms with van der Waals surface area (Å²) < 4.78 is 15.4. The van der Waals surface area contributed by atoms with Crippen molar-refractivity contribution in [1.82, 2.24) is 5.27 Å². The summed E-state index contributed by atoms with van der Waals surface area (Å²) in [7, 11) is 0. The summed E-state index contributed by atoms with van der Waals surface area (Å²) >= 11 is 0. The fraction of sp³-hybridized carbons (Fsp3) is 0.769. The van der Waals surface area contributed by atoms with Gasteiger partial charge < -0.3 is 29.9 Å². The van der Waals surface area contributed by atoms with Gasteiger partial charge in [0.2, 0.25) is 5.27 Å². The van der Waals surface area contributed by atoms with Crippen LogP contribution in [-0.2, 0) is 14.3 Å². The number of ether oxygens (including phenoxy) is 2. The van der Waals surface area contributed by atoms with Gasteiger partial charge in [0.15, 0.2) is 6.10 Å². The van der Waals surface area contributed by atoms with Crippen LogP contribution in [0, 0.1) is 0 Å². The molecule has 2 fully saturated rings. The van der Waals surface area contributed by atoms with Crippen molar-refractivity contribution in [2.75, 3.05) is 43.2 Å². The molecule has 1 aromatic rings. The maximum absolute atomic E-state index is 12.3. The molecule has 1 aromatic heterocycles. The van der Waals surface area contributed by atoms with E-state index in [9.17, 15) is 20.1 Å². The van der Waals surface area contributed by atoms with E-state index in [1.165, 1.54) is 11.0 Å². The van der Waals surface area contributed by atoms with Gasteiger partial charge in [-0.2, -0.15) is 0 Å². The minimum Gasteiger partial charge on any atom is -0.394 e. The molecular formula is C13H21N4O8+. The first-order valence-corrected chi connectivity index (χ1v) is 7.84. The summed E-state index contributed by atoms with van der Waals surface area (Å²) in [6, 6.07) is 0. The number of hydrogen-bond donors (Lipinski definition) is 5. The minimum atomic E-state index is -1.66. The molecule has 0 bridgehead atoms. The van der Waals surface area contributed by atoms with E-state index in [-0.39, 0.29) is 5.88 Å². The quantitative estimate of drug-likeness (QED) is 0.332. The van der Waals surface area contributed by atoms with Gasteiger partial charge in [-0.3, -0.25) is 14.6 Å². The Kier molecular flexibility index (Phi) is 5.46. The molecule has 5 N–H and O–H groups in total. The largest absolute Gasteiger partial charge is 0.394 e. The maximum Gasteiger partial charge on any atom is 0.305 e. The zero-order chi connectivity index (χ0) is 18.0. The highest BCUT2D eigenvalue weighted by Gasteiger charge is 2.46. The molecular weight excluding hydrogens is 340 g/mol. The molecule has 3 heterocycles. The molecule has 0 aromatic carbocycles. The molecule has 2 aliphatic rings. The molecule has 0 aliphatic carbocycles. The average molecular weight is 361 g/mol. The van der Waals surface area contributed by atoms with Gasteiger partial charge in [-0.1, -0.05) is 0 Å². The van der Waals surface area contributed by atoms with Gasteiger partial charge in [-0.05, 0) is 0 Å². The van der Waals surface area contributed by atoms with Crippen molar-refractivity contribution in [3.63, 3.8) is 0 Å². The van der Waals surface area contributed by atoms with Crippen LogP contribution in [-0.4, -0.2) is 95.0 Å². The Hall–Kier alpha value is -1.83. The highest BCUT2D eigenvalue weighted by atomic mass is 16.6. The van der Waals surface area contributed by atoms with Gasteiger partial charge in [0.25, 0.3) is 12.1 Å². The van der Waals surface area contributed by atoms with E-state index in [0.29, 0.717) is 26.3 Å². The van der Waals surface area contributed by atoms with E-state index in [4.69, 9.17) is 19.1 Å².